The van der Waals surface area contributed by atoms with Crippen molar-refractivity contribution in [2.45, 2.75) is 19.2 Å². The minimum absolute atomic E-state index is 0.0506. The Kier molecular flexibility index (Phi) is 5.18. The molecule has 3 amide bonds. The lowest BCUT2D eigenvalue weighted by Gasteiger charge is -2.25. The second kappa shape index (κ2) is 8.28. The van der Waals surface area contributed by atoms with E-state index in [9.17, 15) is 9.59 Å². The van der Waals surface area contributed by atoms with E-state index in [1.54, 1.807) is 16.2 Å². The Morgan fingerprint density at radius 3 is 2.55 bits per heavy atom. The third kappa shape index (κ3) is 4.04. The molecule has 0 radical (unpaired) electrons. The lowest BCUT2D eigenvalue weighted by Crippen LogP contribution is -2.44. The summed E-state index contributed by atoms with van der Waals surface area (Å²) >= 11 is 1.62. The Morgan fingerprint density at radius 2 is 1.81 bits per heavy atom. The van der Waals surface area contributed by atoms with Crippen molar-refractivity contribution < 1.29 is 14.3 Å². The zero-order valence-corrected chi connectivity index (χ0v) is 17.5. The lowest BCUT2D eigenvalue weighted by molar-refractivity contribution is -0.126. The fraction of sp³-hybridized carbons (Fsp3) is 0.167. The summed E-state index contributed by atoms with van der Waals surface area (Å²) in [4.78, 5) is 28.3. The monoisotopic (exact) mass is 431 g/mol. The van der Waals surface area contributed by atoms with Gasteiger partial charge < -0.3 is 20.3 Å². The Labute approximate surface area is 184 Å². The summed E-state index contributed by atoms with van der Waals surface area (Å²) in [5, 5.41) is 7.71. The Bertz CT molecular complexity index is 1120. The molecule has 2 aliphatic heterocycles. The van der Waals surface area contributed by atoms with Crippen LogP contribution >= 0.6 is 11.3 Å². The fourth-order valence-electron chi connectivity index (χ4n) is 3.89. The van der Waals surface area contributed by atoms with Crippen LogP contribution in [0.2, 0.25) is 0 Å². The molecule has 0 spiro atoms. The molecule has 7 heteroatoms. The van der Waals surface area contributed by atoms with E-state index in [2.05, 4.69) is 10.6 Å². The number of carbonyl (C=O) groups excluding carboxylic acids is 2. The van der Waals surface area contributed by atoms with Gasteiger partial charge in [-0.15, -0.1) is 11.3 Å². The first-order chi connectivity index (χ1) is 15.2. The number of benzene rings is 2. The summed E-state index contributed by atoms with van der Waals surface area (Å²) in [5.41, 5.74) is 3.23. The van der Waals surface area contributed by atoms with Crippen molar-refractivity contribution in [2.75, 3.05) is 6.54 Å². The third-order valence-corrected chi connectivity index (χ3v) is 6.27. The number of rotatable bonds is 6. The van der Waals surface area contributed by atoms with Crippen molar-refractivity contribution >= 4 is 23.3 Å². The summed E-state index contributed by atoms with van der Waals surface area (Å²) in [6, 6.07) is 20.7. The van der Waals surface area contributed by atoms with Gasteiger partial charge in [-0.1, -0.05) is 48.5 Å². The molecular weight excluding hydrogens is 410 g/mol. The highest BCUT2D eigenvalue weighted by molar-refractivity contribution is 7.09. The van der Waals surface area contributed by atoms with Gasteiger partial charge in [-0.25, -0.2) is 4.79 Å². The van der Waals surface area contributed by atoms with Gasteiger partial charge in [0, 0.05) is 4.88 Å². The molecule has 0 fully saturated rings. The van der Waals surface area contributed by atoms with E-state index in [4.69, 9.17) is 4.74 Å². The summed E-state index contributed by atoms with van der Waals surface area (Å²) in [6.45, 7) is 1.43. The molecule has 6 nitrogen and oxygen atoms in total. The molecule has 0 saturated carbocycles. The molecule has 2 aromatic carbocycles. The lowest BCUT2D eigenvalue weighted by atomic mass is 9.96. The van der Waals surface area contributed by atoms with Gasteiger partial charge in [0.05, 0.1) is 30.4 Å². The molecule has 5 rings (SSSR count). The van der Waals surface area contributed by atoms with Gasteiger partial charge in [-0.05, 0) is 34.7 Å². The first kappa shape index (κ1) is 19.4. The maximum absolute atomic E-state index is 13.1. The zero-order chi connectivity index (χ0) is 21.2. The summed E-state index contributed by atoms with van der Waals surface area (Å²) in [5.74, 6) is 0.685. The number of nitrogens with one attached hydrogen (secondary N) is 2. The molecule has 0 saturated heterocycles. The average molecular weight is 432 g/mol. The number of urea groups is 1. The van der Waals surface area contributed by atoms with Crippen molar-refractivity contribution in [2.24, 2.45) is 0 Å². The van der Waals surface area contributed by atoms with Crippen LogP contribution in [0.15, 0.2) is 83.4 Å². The summed E-state index contributed by atoms with van der Waals surface area (Å²) < 4.78 is 5.85. The van der Waals surface area contributed by atoms with Gasteiger partial charge in [0.15, 0.2) is 0 Å². The topological polar surface area (TPSA) is 70.7 Å². The van der Waals surface area contributed by atoms with E-state index >= 15 is 0 Å². The van der Waals surface area contributed by atoms with E-state index in [0.717, 1.165) is 21.8 Å². The molecule has 2 N–H and O–H groups in total. The average Bonchev–Trinajstić information content (AvgIpc) is 3.41. The van der Waals surface area contributed by atoms with Crippen molar-refractivity contribution in [3.8, 4) is 5.75 Å². The van der Waals surface area contributed by atoms with E-state index < -0.39 is 6.04 Å². The van der Waals surface area contributed by atoms with Crippen LogP contribution in [0.5, 0.6) is 5.75 Å². The Morgan fingerprint density at radius 1 is 1.00 bits per heavy atom. The minimum atomic E-state index is -0.479. The smallest absolute Gasteiger partial charge is 0.319 e. The molecule has 2 aliphatic rings. The van der Waals surface area contributed by atoms with Gasteiger partial charge in [0.25, 0.3) is 5.91 Å². The molecule has 31 heavy (non-hydrogen) atoms. The van der Waals surface area contributed by atoms with Crippen LogP contribution in [0.3, 0.4) is 0 Å². The van der Waals surface area contributed by atoms with Gasteiger partial charge in [0.1, 0.15) is 12.4 Å². The number of hydrogen-bond donors (Lipinski definition) is 2. The zero-order valence-electron chi connectivity index (χ0n) is 16.7. The largest absolute Gasteiger partial charge is 0.489 e. The van der Waals surface area contributed by atoms with Crippen molar-refractivity contribution in [1.82, 2.24) is 15.5 Å². The van der Waals surface area contributed by atoms with Crippen molar-refractivity contribution in [3.63, 3.8) is 0 Å². The molecule has 0 unspecified atom stereocenters. The van der Waals surface area contributed by atoms with Gasteiger partial charge in [-0.2, -0.15) is 0 Å². The number of nitrogens with zero attached hydrogens (tertiary/aromatic N) is 1. The molecule has 3 heterocycles. The van der Waals surface area contributed by atoms with Crippen LogP contribution < -0.4 is 15.4 Å². The van der Waals surface area contributed by atoms with Crippen LogP contribution in [0.1, 0.15) is 22.0 Å². The van der Waals surface area contributed by atoms with Crippen LogP contribution in [0.25, 0.3) is 0 Å². The number of ether oxygens (including phenoxy) is 1. The Balaban J connectivity index is 1.32. The fourth-order valence-corrected chi connectivity index (χ4v) is 4.61. The van der Waals surface area contributed by atoms with Crippen LogP contribution in [0.4, 0.5) is 4.79 Å². The molecule has 1 atom stereocenters. The first-order valence-electron chi connectivity index (χ1n) is 10.1. The molecule has 0 aliphatic carbocycles. The highest BCUT2D eigenvalue weighted by Crippen LogP contribution is 2.34. The second-order valence-corrected chi connectivity index (χ2v) is 8.54. The van der Waals surface area contributed by atoms with Gasteiger partial charge >= 0.3 is 6.03 Å². The van der Waals surface area contributed by atoms with Gasteiger partial charge in [-0.3, -0.25) is 4.79 Å². The standard InChI is InChI=1S/C24H21N3O3S/c28-23-21-20(14-27(23)13-19-7-4-12-31-19)25-24(29)26-22(21)17-8-10-18(11-9-17)30-15-16-5-2-1-3-6-16/h1-12,22H,13-15H2,(H2,25,26,29)/t22-/m1/s1. The third-order valence-electron chi connectivity index (χ3n) is 5.41. The maximum Gasteiger partial charge on any atom is 0.319 e. The van der Waals surface area contributed by atoms with Crippen molar-refractivity contribution in [3.05, 3.63) is 99.4 Å². The van der Waals surface area contributed by atoms with E-state index in [1.165, 1.54) is 0 Å². The second-order valence-electron chi connectivity index (χ2n) is 7.51. The number of amides is 3. The highest BCUT2D eigenvalue weighted by atomic mass is 32.1. The number of thiophene rings is 1. The van der Waals surface area contributed by atoms with Gasteiger partial charge in [0.2, 0.25) is 0 Å². The number of carbonyl (C=O) groups is 2. The minimum Gasteiger partial charge on any atom is -0.489 e. The summed E-state index contributed by atoms with van der Waals surface area (Å²) in [7, 11) is 0. The molecular formula is C24H21N3O3S. The molecule has 156 valence electrons. The predicted octanol–water partition coefficient (Wildman–Crippen LogP) is 3.98. The van der Waals surface area contributed by atoms with E-state index in [0.29, 0.717) is 31.0 Å². The molecule has 0 bridgehead atoms. The normalized spacial score (nSPS) is 17.9. The van der Waals surface area contributed by atoms with Crippen LogP contribution in [-0.2, 0) is 17.9 Å². The molecule has 1 aromatic heterocycles. The van der Waals surface area contributed by atoms with Crippen molar-refractivity contribution in [1.29, 1.82) is 0 Å². The molecule has 3 aromatic rings. The van der Waals surface area contributed by atoms with Crippen LogP contribution in [0, 0.1) is 0 Å². The highest BCUT2D eigenvalue weighted by Gasteiger charge is 2.40. The SMILES string of the molecule is O=C1NC2=C(C(=O)N(Cc3cccs3)C2)[C@@H](c2ccc(OCc3ccccc3)cc2)N1. The number of hydrogen-bond acceptors (Lipinski definition) is 4. The quantitative estimate of drug-likeness (QED) is 0.620. The Hall–Kier alpha value is -3.58. The van der Waals surface area contributed by atoms with E-state index in [-0.39, 0.29) is 11.9 Å². The van der Waals surface area contributed by atoms with Crippen LogP contribution in [-0.4, -0.2) is 23.4 Å². The summed E-state index contributed by atoms with van der Waals surface area (Å²) in [6.07, 6.45) is 0. The first-order valence-corrected chi connectivity index (χ1v) is 10.9. The predicted molar refractivity (Wildman–Crippen MR) is 118 cm³/mol. The van der Waals surface area contributed by atoms with E-state index in [1.807, 2.05) is 72.1 Å². The maximum atomic E-state index is 13.1.